The minimum Gasteiger partial charge on any atom is -0.378 e. The number of methoxy groups -OCH3 is 1. The summed E-state index contributed by atoms with van der Waals surface area (Å²) in [7, 11) is 3.45. The van der Waals surface area contributed by atoms with E-state index in [2.05, 4.69) is 20.2 Å². The fourth-order valence-electron chi connectivity index (χ4n) is 2.98. The molecule has 1 aliphatic heterocycles. The fraction of sp³-hybridized carbons (Fsp3) is 0.400. The van der Waals surface area contributed by atoms with Crippen molar-refractivity contribution >= 4 is 23.2 Å². The number of anilines is 2. The van der Waals surface area contributed by atoms with E-state index in [1.54, 1.807) is 27.4 Å². The van der Waals surface area contributed by atoms with E-state index in [4.69, 9.17) is 4.74 Å². The van der Waals surface area contributed by atoms with Gasteiger partial charge in [0.2, 0.25) is 5.91 Å². The van der Waals surface area contributed by atoms with Gasteiger partial charge in [-0.25, -0.2) is 4.98 Å². The predicted octanol–water partition coefficient (Wildman–Crippen LogP) is -0.143. The maximum atomic E-state index is 12.6. The van der Waals surface area contributed by atoms with E-state index in [9.17, 15) is 4.79 Å². The van der Waals surface area contributed by atoms with Gasteiger partial charge in [0, 0.05) is 39.5 Å². The van der Waals surface area contributed by atoms with Gasteiger partial charge in [-0.05, 0) is 0 Å². The molecular weight excluding hydrogens is 324 g/mol. The third kappa shape index (κ3) is 2.80. The zero-order valence-corrected chi connectivity index (χ0v) is 14.0. The van der Waals surface area contributed by atoms with Crippen molar-refractivity contribution in [2.75, 3.05) is 36.5 Å². The first-order valence-electron chi connectivity index (χ1n) is 7.88. The van der Waals surface area contributed by atoms with E-state index in [-0.39, 0.29) is 12.5 Å². The number of amides is 1. The first-order chi connectivity index (χ1) is 12.2. The van der Waals surface area contributed by atoms with Crippen molar-refractivity contribution in [1.29, 1.82) is 0 Å². The second-order valence-corrected chi connectivity index (χ2v) is 5.85. The van der Waals surface area contributed by atoms with Gasteiger partial charge in [-0.1, -0.05) is 0 Å². The summed E-state index contributed by atoms with van der Waals surface area (Å²) in [5.41, 5.74) is 1.56. The molecule has 0 aromatic carbocycles. The molecule has 0 unspecified atom stereocenters. The Balaban J connectivity index is 1.62. The number of nitrogens with zero attached hydrogens (tertiary/aromatic N) is 8. The van der Waals surface area contributed by atoms with Crippen molar-refractivity contribution in [3.8, 4) is 0 Å². The summed E-state index contributed by atoms with van der Waals surface area (Å²) < 4.78 is 8.50. The quantitative estimate of drug-likeness (QED) is 0.651. The summed E-state index contributed by atoms with van der Waals surface area (Å²) in [6.07, 6.45) is 4.99. The summed E-state index contributed by atoms with van der Waals surface area (Å²) in [4.78, 5) is 24.9. The molecule has 10 heteroatoms. The summed E-state index contributed by atoms with van der Waals surface area (Å²) in [5.74, 6) is 1.29. The molecule has 130 valence electrons. The van der Waals surface area contributed by atoms with Crippen LogP contribution >= 0.6 is 0 Å². The number of ether oxygens (including phenoxy) is 1. The summed E-state index contributed by atoms with van der Waals surface area (Å²) in [6.45, 7) is 1.87. The highest BCUT2D eigenvalue weighted by Gasteiger charge is 2.28. The number of aryl methyl sites for hydroxylation is 1. The lowest BCUT2D eigenvalue weighted by molar-refractivity contribution is -0.117. The topological polar surface area (TPSA) is 93.7 Å². The van der Waals surface area contributed by atoms with Gasteiger partial charge in [-0.2, -0.15) is 19.7 Å². The normalized spacial score (nSPS) is 15.4. The van der Waals surface area contributed by atoms with Gasteiger partial charge in [0.25, 0.3) is 5.78 Å². The third-order valence-electron chi connectivity index (χ3n) is 4.13. The van der Waals surface area contributed by atoms with E-state index in [0.717, 1.165) is 17.2 Å². The minimum atomic E-state index is 0.0117. The third-order valence-corrected chi connectivity index (χ3v) is 4.13. The van der Waals surface area contributed by atoms with Gasteiger partial charge in [-0.3, -0.25) is 9.48 Å². The molecule has 3 aromatic rings. The first kappa shape index (κ1) is 15.5. The Morgan fingerprint density at radius 3 is 2.88 bits per heavy atom. The summed E-state index contributed by atoms with van der Waals surface area (Å²) in [5, 5.41) is 8.36. The Labute approximate surface area is 143 Å². The van der Waals surface area contributed by atoms with Gasteiger partial charge < -0.3 is 14.5 Å². The van der Waals surface area contributed by atoms with Gasteiger partial charge in [0.15, 0.2) is 0 Å². The van der Waals surface area contributed by atoms with Crippen LogP contribution in [0.5, 0.6) is 0 Å². The second-order valence-electron chi connectivity index (χ2n) is 5.85. The van der Waals surface area contributed by atoms with Crippen LogP contribution < -0.4 is 9.80 Å². The smallest absolute Gasteiger partial charge is 0.254 e. The molecule has 3 aromatic heterocycles. The van der Waals surface area contributed by atoms with Crippen LogP contribution in [-0.2, 0) is 23.2 Å². The van der Waals surface area contributed by atoms with Gasteiger partial charge >= 0.3 is 0 Å². The Bertz CT molecular complexity index is 917. The predicted molar refractivity (Wildman–Crippen MR) is 89.3 cm³/mol. The first-order valence-corrected chi connectivity index (χ1v) is 7.88. The SMILES string of the molecule is COCc1cc(N2CCN(c3cnn(C)c3)C(=O)C2)n2ncnc2n1. The van der Waals surface area contributed by atoms with Crippen molar-refractivity contribution in [2.24, 2.45) is 7.05 Å². The number of hydrogen-bond acceptors (Lipinski definition) is 7. The van der Waals surface area contributed by atoms with Crippen LogP contribution in [0.4, 0.5) is 11.5 Å². The molecular formula is C15H18N8O2. The molecule has 0 bridgehead atoms. The van der Waals surface area contributed by atoms with Gasteiger partial charge in [0.1, 0.15) is 12.1 Å². The summed E-state index contributed by atoms with van der Waals surface area (Å²) >= 11 is 0. The highest BCUT2D eigenvalue weighted by Crippen LogP contribution is 2.22. The van der Waals surface area contributed by atoms with Gasteiger partial charge in [-0.15, -0.1) is 0 Å². The molecule has 0 saturated carbocycles. The highest BCUT2D eigenvalue weighted by atomic mass is 16.5. The Morgan fingerprint density at radius 2 is 2.16 bits per heavy atom. The number of aromatic nitrogens is 6. The maximum Gasteiger partial charge on any atom is 0.254 e. The summed E-state index contributed by atoms with van der Waals surface area (Å²) in [6, 6.07) is 1.89. The lowest BCUT2D eigenvalue weighted by atomic mass is 10.2. The number of fused-ring (bicyclic) bond motifs is 1. The van der Waals surface area contributed by atoms with E-state index in [1.807, 2.05) is 24.2 Å². The minimum absolute atomic E-state index is 0.0117. The Morgan fingerprint density at radius 1 is 1.28 bits per heavy atom. The molecule has 0 N–H and O–H groups in total. The molecule has 0 aliphatic carbocycles. The van der Waals surface area contributed by atoms with E-state index in [0.29, 0.717) is 25.5 Å². The van der Waals surface area contributed by atoms with Crippen LogP contribution in [0.1, 0.15) is 5.69 Å². The Hall–Kier alpha value is -3.01. The molecule has 0 spiro atoms. The van der Waals surface area contributed by atoms with Crippen LogP contribution in [-0.4, -0.2) is 62.0 Å². The number of carbonyl (C=O) groups is 1. The van der Waals surface area contributed by atoms with Crippen LogP contribution in [0.3, 0.4) is 0 Å². The zero-order valence-electron chi connectivity index (χ0n) is 14.0. The Kier molecular flexibility index (Phi) is 3.80. The monoisotopic (exact) mass is 342 g/mol. The van der Waals surface area contributed by atoms with Gasteiger partial charge in [0.05, 0.1) is 30.7 Å². The molecule has 4 rings (SSSR count). The number of carbonyl (C=O) groups excluding carboxylic acids is 1. The molecule has 1 fully saturated rings. The number of rotatable bonds is 4. The lowest BCUT2D eigenvalue weighted by Gasteiger charge is -2.34. The highest BCUT2D eigenvalue weighted by molar-refractivity contribution is 5.97. The van der Waals surface area contributed by atoms with Crippen LogP contribution in [0.15, 0.2) is 24.8 Å². The average molecular weight is 342 g/mol. The van der Waals surface area contributed by atoms with Crippen molar-refractivity contribution in [3.63, 3.8) is 0 Å². The standard InChI is InChI=1S/C15H18N8O2/c1-20-7-12(6-17-20)22-4-3-21(8-14(22)24)13-5-11(9-25-2)19-15-16-10-18-23(13)15/h5-7,10H,3-4,8-9H2,1-2H3. The molecule has 0 radical (unpaired) electrons. The van der Waals surface area contributed by atoms with Crippen molar-refractivity contribution in [2.45, 2.75) is 6.61 Å². The molecule has 25 heavy (non-hydrogen) atoms. The van der Waals surface area contributed by atoms with Crippen LogP contribution in [0.25, 0.3) is 5.78 Å². The largest absolute Gasteiger partial charge is 0.378 e. The second kappa shape index (κ2) is 6.13. The maximum absolute atomic E-state index is 12.6. The lowest BCUT2D eigenvalue weighted by Crippen LogP contribution is -2.51. The van der Waals surface area contributed by atoms with Crippen LogP contribution in [0.2, 0.25) is 0 Å². The molecule has 10 nitrogen and oxygen atoms in total. The van der Waals surface area contributed by atoms with Crippen molar-refractivity contribution in [1.82, 2.24) is 29.4 Å². The van der Waals surface area contributed by atoms with Crippen molar-refractivity contribution < 1.29 is 9.53 Å². The molecule has 1 amide bonds. The molecule has 4 heterocycles. The van der Waals surface area contributed by atoms with E-state index in [1.165, 1.54) is 6.33 Å². The molecule has 1 aliphatic rings. The zero-order chi connectivity index (χ0) is 17.4. The molecule has 0 atom stereocenters. The van der Waals surface area contributed by atoms with E-state index >= 15 is 0 Å². The average Bonchev–Trinajstić information content (AvgIpc) is 3.23. The number of hydrogen-bond donors (Lipinski definition) is 0. The molecule has 1 saturated heterocycles. The van der Waals surface area contributed by atoms with Crippen LogP contribution in [0, 0.1) is 0 Å². The van der Waals surface area contributed by atoms with Crippen molar-refractivity contribution in [3.05, 3.63) is 30.5 Å². The fourth-order valence-corrected chi connectivity index (χ4v) is 2.98. The van der Waals surface area contributed by atoms with E-state index < -0.39 is 0 Å². The number of piperazine rings is 1.